The van der Waals surface area contributed by atoms with Gasteiger partial charge < -0.3 is 5.32 Å². The largest absolute Gasteiger partial charge is 0.353 e. The second-order valence-electron chi connectivity index (χ2n) is 5.22. The lowest BCUT2D eigenvalue weighted by atomic mass is 10.3. The summed E-state index contributed by atoms with van der Waals surface area (Å²) in [6.45, 7) is 7.96. The van der Waals surface area contributed by atoms with Crippen LogP contribution in [0.1, 0.15) is 31.7 Å². The number of hydrogen-bond acceptors (Lipinski definition) is 5. The van der Waals surface area contributed by atoms with Crippen LogP contribution in [-0.4, -0.2) is 37.5 Å². The minimum absolute atomic E-state index is 0.0191. The van der Waals surface area contributed by atoms with E-state index in [9.17, 15) is 4.79 Å². The van der Waals surface area contributed by atoms with Gasteiger partial charge in [0.2, 0.25) is 5.91 Å². The van der Waals surface area contributed by atoms with E-state index in [1.54, 1.807) is 4.68 Å². The highest BCUT2D eigenvalue weighted by molar-refractivity contribution is 7.99. The molecule has 2 heterocycles. The molecule has 0 radical (unpaired) electrons. The molecule has 1 amide bonds. The zero-order valence-corrected chi connectivity index (χ0v) is 14.1. The minimum Gasteiger partial charge on any atom is -0.353 e. The molecule has 0 aliphatic heterocycles. The van der Waals surface area contributed by atoms with E-state index < -0.39 is 0 Å². The summed E-state index contributed by atoms with van der Waals surface area (Å²) in [5, 5.41) is 8.10. The summed E-state index contributed by atoms with van der Waals surface area (Å²) in [4.78, 5) is 20.3. The molecule has 0 bridgehead atoms. The fourth-order valence-corrected chi connectivity index (χ4v) is 2.62. The first-order chi connectivity index (χ1) is 10.5. The molecular formula is C15H21N5OS. The van der Waals surface area contributed by atoms with Crippen molar-refractivity contribution in [1.29, 1.82) is 0 Å². The van der Waals surface area contributed by atoms with E-state index in [0.717, 1.165) is 22.8 Å². The normalized spacial score (nSPS) is 12.2. The predicted molar refractivity (Wildman–Crippen MR) is 87.2 cm³/mol. The third kappa shape index (κ3) is 4.30. The van der Waals surface area contributed by atoms with Crippen molar-refractivity contribution in [3.63, 3.8) is 0 Å². The van der Waals surface area contributed by atoms with Gasteiger partial charge in [0.25, 0.3) is 0 Å². The molecule has 2 rings (SSSR count). The van der Waals surface area contributed by atoms with Gasteiger partial charge in [-0.05, 0) is 33.3 Å². The molecule has 1 atom stereocenters. The van der Waals surface area contributed by atoms with E-state index >= 15 is 0 Å². The molecule has 1 N–H and O–H groups in total. The molecule has 22 heavy (non-hydrogen) atoms. The molecule has 7 heteroatoms. The first-order valence-corrected chi connectivity index (χ1v) is 8.26. The van der Waals surface area contributed by atoms with Gasteiger partial charge >= 0.3 is 0 Å². The number of amides is 1. The number of nitrogens with zero attached hydrogens (tertiary/aromatic N) is 4. The third-order valence-corrected chi connectivity index (χ3v) is 4.15. The Kier molecular flexibility index (Phi) is 5.54. The number of hydrogen-bond donors (Lipinski definition) is 1. The topological polar surface area (TPSA) is 72.7 Å². The second kappa shape index (κ2) is 7.40. The average Bonchev–Trinajstić information content (AvgIpc) is 2.84. The Morgan fingerprint density at radius 3 is 2.77 bits per heavy atom. The van der Waals surface area contributed by atoms with Crippen LogP contribution >= 0.6 is 11.8 Å². The quantitative estimate of drug-likeness (QED) is 0.653. The standard InChI is InChI=1S/C15H21N5OS/c1-5-10(2)18-14(21)8-22-15-7-13(16-9-17-15)20-12(4)6-11(3)19-20/h6-7,9-10H,5,8H2,1-4H3,(H,18,21). The Morgan fingerprint density at radius 1 is 1.36 bits per heavy atom. The van der Waals surface area contributed by atoms with Crippen molar-refractivity contribution in [2.75, 3.05) is 5.75 Å². The summed E-state index contributed by atoms with van der Waals surface area (Å²) < 4.78 is 1.78. The summed E-state index contributed by atoms with van der Waals surface area (Å²) in [5.41, 5.74) is 1.96. The molecule has 2 aromatic rings. The Labute approximate surface area is 134 Å². The predicted octanol–water partition coefficient (Wildman–Crippen LogP) is 2.29. The highest BCUT2D eigenvalue weighted by Gasteiger charge is 2.09. The lowest BCUT2D eigenvalue weighted by molar-refractivity contribution is -0.119. The monoisotopic (exact) mass is 319 g/mol. The molecule has 6 nitrogen and oxygen atoms in total. The number of rotatable bonds is 6. The van der Waals surface area contributed by atoms with Crippen molar-refractivity contribution in [3.8, 4) is 5.82 Å². The van der Waals surface area contributed by atoms with Gasteiger partial charge in [-0.2, -0.15) is 5.10 Å². The van der Waals surface area contributed by atoms with Gasteiger partial charge in [-0.15, -0.1) is 0 Å². The van der Waals surface area contributed by atoms with Crippen molar-refractivity contribution in [2.24, 2.45) is 0 Å². The molecular weight excluding hydrogens is 298 g/mol. The van der Waals surface area contributed by atoms with E-state index in [1.165, 1.54) is 18.1 Å². The summed E-state index contributed by atoms with van der Waals surface area (Å²) >= 11 is 1.40. The fourth-order valence-electron chi connectivity index (χ4n) is 1.94. The van der Waals surface area contributed by atoms with Crippen molar-refractivity contribution in [2.45, 2.75) is 45.2 Å². The van der Waals surface area contributed by atoms with Crippen molar-refractivity contribution in [1.82, 2.24) is 25.1 Å². The Hall–Kier alpha value is -1.89. The number of carbonyl (C=O) groups is 1. The van der Waals surface area contributed by atoms with Crippen LogP contribution in [0.4, 0.5) is 0 Å². The molecule has 0 aliphatic carbocycles. The Bertz CT molecular complexity index is 655. The van der Waals surface area contributed by atoms with Gasteiger partial charge in [0.05, 0.1) is 11.4 Å². The molecule has 0 spiro atoms. The highest BCUT2D eigenvalue weighted by Crippen LogP contribution is 2.17. The first kappa shape index (κ1) is 16.5. The van der Waals surface area contributed by atoms with Crippen LogP contribution in [-0.2, 0) is 4.79 Å². The van der Waals surface area contributed by atoms with Crippen molar-refractivity contribution < 1.29 is 4.79 Å². The SMILES string of the molecule is CCC(C)NC(=O)CSc1cc(-n2nc(C)cc2C)ncn1. The number of aryl methyl sites for hydroxylation is 2. The second-order valence-corrected chi connectivity index (χ2v) is 6.21. The number of carbonyl (C=O) groups excluding carboxylic acids is 1. The van der Waals surface area contributed by atoms with E-state index in [-0.39, 0.29) is 11.9 Å². The van der Waals surface area contributed by atoms with Gasteiger partial charge in [-0.25, -0.2) is 14.6 Å². The van der Waals surface area contributed by atoms with Crippen molar-refractivity contribution in [3.05, 3.63) is 29.8 Å². The highest BCUT2D eigenvalue weighted by atomic mass is 32.2. The zero-order valence-electron chi connectivity index (χ0n) is 13.3. The maximum absolute atomic E-state index is 11.8. The van der Waals surface area contributed by atoms with Crippen LogP contribution in [0.5, 0.6) is 0 Å². The smallest absolute Gasteiger partial charge is 0.230 e. The van der Waals surface area contributed by atoms with Crippen LogP contribution < -0.4 is 5.32 Å². The molecule has 118 valence electrons. The van der Waals surface area contributed by atoms with E-state index in [4.69, 9.17) is 0 Å². The number of thioether (sulfide) groups is 1. The van der Waals surface area contributed by atoms with E-state index in [1.807, 2.05) is 39.8 Å². The first-order valence-electron chi connectivity index (χ1n) is 7.27. The minimum atomic E-state index is 0.0191. The summed E-state index contributed by atoms with van der Waals surface area (Å²) in [5.74, 6) is 1.08. The Balaban J connectivity index is 2.03. The van der Waals surface area contributed by atoms with Crippen molar-refractivity contribution >= 4 is 17.7 Å². The Morgan fingerprint density at radius 2 is 2.14 bits per heavy atom. The van der Waals surface area contributed by atoms with E-state index in [0.29, 0.717) is 11.6 Å². The molecule has 0 aromatic carbocycles. The van der Waals surface area contributed by atoms with Gasteiger partial charge in [0.1, 0.15) is 11.4 Å². The molecule has 0 aliphatic rings. The number of aromatic nitrogens is 4. The molecule has 0 saturated heterocycles. The summed E-state index contributed by atoms with van der Waals surface area (Å²) in [7, 11) is 0. The maximum Gasteiger partial charge on any atom is 0.230 e. The van der Waals surface area contributed by atoms with Crippen LogP contribution in [0.3, 0.4) is 0 Å². The maximum atomic E-state index is 11.8. The average molecular weight is 319 g/mol. The lowest BCUT2D eigenvalue weighted by Gasteiger charge is -2.11. The van der Waals surface area contributed by atoms with Crippen LogP contribution in [0.15, 0.2) is 23.5 Å². The number of nitrogens with one attached hydrogen (secondary N) is 1. The summed E-state index contributed by atoms with van der Waals surface area (Å²) in [6.07, 6.45) is 2.42. The summed E-state index contributed by atoms with van der Waals surface area (Å²) in [6, 6.07) is 4.04. The van der Waals surface area contributed by atoms with Gasteiger partial charge in [0.15, 0.2) is 5.82 Å². The molecule has 0 saturated carbocycles. The van der Waals surface area contributed by atoms with E-state index in [2.05, 4.69) is 20.4 Å². The molecule has 0 fully saturated rings. The van der Waals surface area contributed by atoms with Gasteiger partial charge in [-0.1, -0.05) is 18.7 Å². The van der Waals surface area contributed by atoms with Crippen LogP contribution in [0, 0.1) is 13.8 Å². The van der Waals surface area contributed by atoms with Gasteiger partial charge in [0, 0.05) is 17.8 Å². The zero-order chi connectivity index (χ0) is 16.1. The third-order valence-electron chi connectivity index (χ3n) is 3.23. The lowest BCUT2D eigenvalue weighted by Crippen LogP contribution is -2.33. The van der Waals surface area contributed by atoms with Crippen LogP contribution in [0.2, 0.25) is 0 Å². The van der Waals surface area contributed by atoms with Crippen LogP contribution in [0.25, 0.3) is 5.82 Å². The fraction of sp³-hybridized carbons (Fsp3) is 0.467. The molecule has 1 unspecified atom stereocenters. The van der Waals surface area contributed by atoms with Gasteiger partial charge in [-0.3, -0.25) is 4.79 Å². The molecule has 2 aromatic heterocycles.